The Bertz CT molecular complexity index is 973. The van der Waals surface area contributed by atoms with E-state index >= 15 is 0 Å². The molecule has 1 aliphatic rings. The van der Waals surface area contributed by atoms with Gasteiger partial charge in [0.2, 0.25) is 11.9 Å². The number of benzene rings is 2. The average molecular weight is 411 g/mol. The predicted molar refractivity (Wildman–Crippen MR) is 113 cm³/mol. The van der Waals surface area contributed by atoms with Crippen LogP contribution in [-0.2, 0) is 4.84 Å². The number of carbonyl (C=O) groups excluding carboxylic acids is 1. The molecule has 0 fully saturated rings. The zero-order chi connectivity index (χ0) is 21.7. The van der Waals surface area contributed by atoms with Gasteiger partial charge in [-0.15, -0.1) is 0 Å². The number of ether oxygens (including phenoxy) is 1. The molecular formula is C21H25N5O4. The minimum absolute atomic E-state index is 0.106. The summed E-state index contributed by atoms with van der Waals surface area (Å²) in [6.07, 6.45) is 0.546. The molecule has 1 heterocycles. The average Bonchev–Trinajstić information content (AvgIpc) is 2.69. The molecule has 158 valence electrons. The van der Waals surface area contributed by atoms with Crippen LogP contribution in [0, 0.1) is 0 Å². The van der Waals surface area contributed by atoms with Crippen molar-refractivity contribution in [3.8, 4) is 11.5 Å². The smallest absolute Gasteiger partial charge is 0.226 e. The van der Waals surface area contributed by atoms with E-state index in [0.717, 1.165) is 0 Å². The number of hydrogen-bond donors (Lipinski definition) is 3. The Balaban J connectivity index is 1.50. The maximum atomic E-state index is 12.5. The minimum Gasteiger partial charge on any atom is -0.507 e. The molecule has 0 amide bonds. The van der Waals surface area contributed by atoms with Crippen LogP contribution in [0.25, 0.3) is 0 Å². The third-order valence-electron chi connectivity index (χ3n) is 4.35. The van der Waals surface area contributed by atoms with Crippen LogP contribution in [0.2, 0.25) is 0 Å². The SMILES string of the molecule is CC1(C)N=C(N)N=C(N)N1OCCCOc1ccc(C(=O)c2ccccc2)c(O)c1. The molecule has 2 aromatic carbocycles. The number of hydroxylamine groups is 2. The highest BCUT2D eigenvalue weighted by molar-refractivity contribution is 6.10. The molecule has 30 heavy (non-hydrogen) atoms. The molecule has 0 unspecified atom stereocenters. The lowest BCUT2D eigenvalue weighted by Crippen LogP contribution is -2.53. The summed E-state index contributed by atoms with van der Waals surface area (Å²) in [5.41, 5.74) is 11.4. The number of aliphatic imine (C=N–C) groups is 2. The van der Waals surface area contributed by atoms with Crippen molar-refractivity contribution in [1.82, 2.24) is 5.06 Å². The summed E-state index contributed by atoms with van der Waals surface area (Å²) in [6, 6.07) is 13.4. The Hall–Kier alpha value is -3.59. The third kappa shape index (κ3) is 4.87. The number of aromatic hydroxyl groups is 1. The summed E-state index contributed by atoms with van der Waals surface area (Å²) in [7, 11) is 0. The Morgan fingerprint density at radius 1 is 1.13 bits per heavy atom. The first kappa shape index (κ1) is 21.1. The normalized spacial score (nSPS) is 15.3. The molecule has 1 aliphatic heterocycles. The van der Waals surface area contributed by atoms with Crippen molar-refractivity contribution in [3.05, 3.63) is 59.7 Å². The van der Waals surface area contributed by atoms with Crippen LogP contribution in [0.3, 0.4) is 0 Å². The highest BCUT2D eigenvalue weighted by Crippen LogP contribution is 2.26. The fourth-order valence-electron chi connectivity index (χ4n) is 2.96. The Morgan fingerprint density at radius 3 is 2.53 bits per heavy atom. The largest absolute Gasteiger partial charge is 0.507 e. The number of phenols is 1. The predicted octanol–water partition coefficient (Wildman–Crippen LogP) is 2.00. The minimum atomic E-state index is -0.760. The molecule has 9 nitrogen and oxygen atoms in total. The van der Waals surface area contributed by atoms with E-state index in [1.807, 2.05) is 6.07 Å². The number of hydrogen-bond acceptors (Lipinski definition) is 9. The Labute approximate surface area is 174 Å². The lowest BCUT2D eigenvalue weighted by Gasteiger charge is -2.36. The number of rotatable bonds is 8. The summed E-state index contributed by atoms with van der Waals surface area (Å²) in [5.74, 6) is 0.312. The molecule has 5 N–H and O–H groups in total. The molecule has 0 bridgehead atoms. The van der Waals surface area contributed by atoms with Gasteiger partial charge in [0.15, 0.2) is 11.4 Å². The van der Waals surface area contributed by atoms with E-state index in [0.29, 0.717) is 30.9 Å². The molecule has 0 aromatic heterocycles. The monoisotopic (exact) mass is 411 g/mol. The zero-order valence-corrected chi connectivity index (χ0v) is 16.9. The second kappa shape index (κ2) is 8.83. The van der Waals surface area contributed by atoms with Crippen LogP contribution < -0.4 is 16.2 Å². The summed E-state index contributed by atoms with van der Waals surface area (Å²) in [4.78, 5) is 26.2. The highest BCUT2D eigenvalue weighted by Gasteiger charge is 2.32. The van der Waals surface area contributed by atoms with Gasteiger partial charge < -0.3 is 21.3 Å². The van der Waals surface area contributed by atoms with Gasteiger partial charge in [-0.05, 0) is 26.0 Å². The molecule has 0 aliphatic carbocycles. The fourth-order valence-corrected chi connectivity index (χ4v) is 2.96. The molecular weight excluding hydrogens is 386 g/mol. The topological polar surface area (TPSA) is 136 Å². The number of phenolic OH excluding ortho intramolecular Hbond substituents is 1. The molecule has 0 radical (unpaired) electrons. The first-order valence-corrected chi connectivity index (χ1v) is 9.46. The van der Waals surface area contributed by atoms with Gasteiger partial charge in [0, 0.05) is 18.1 Å². The van der Waals surface area contributed by atoms with Crippen LogP contribution in [0.1, 0.15) is 36.2 Å². The number of ketones is 1. The van der Waals surface area contributed by atoms with E-state index in [-0.39, 0.29) is 29.0 Å². The van der Waals surface area contributed by atoms with E-state index in [1.54, 1.807) is 50.2 Å². The summed E-state index contributed by atoms with van der Waals surface area (Å²) >= 11 is 0. The first-order chi connectivity index (χ1) is 14.3. The Kier molecular flexibility index (Phi) is 6.22. The van der Waals surface area contributed by atoms with Crippen molar-refractivity contribution < 1.29 is 19.5 Å². The van der Waals surface area contributed by atoms with Gasteiger partial charge in [-0.25, -0.2) is 4.99 Å². The van der Waals surface area contributed by atoms with Crippen LogP contribution in [0.5, 0.6) is 11.5 Å². The second-order valence-corrected chi connectivity index (χ2v) is 7.14. The van der Waals surface area contributed by atoms with Crippen LogP contribution >= 0.6 is 0 Å². The number of nitrogens with two attached hydrogens (primary N) is 2. The summed E-state index contributed by atoms with van der Waals surface area (Å²) in [5, 5.41) is 11.6. The van der Waals surface area contributed by atoms with Crippen LogP contribution in [-0.4, -0.2) is 46.7 Å². The van der Waals surface area contributed by atoms with Gasteiger partial charge in [0.1, 0.15) is 11.5 Å². The van der Waals surface area contributed by atoms with Gasteiger partial charge in [-0.1, -0.05) is 30.3 Å². The summed E-state index contributed by atoms with van der Waals surface area (Å²) < 4.78 is 5.63. The van der Waals surface area contributed by atoms with Crippen molar-refractivity contribution in [2.24, 2.45) is 21.5 Å². The van der Waals surface area contributed by atoms with Crippen LogP contribution in [0.4, 0.5) is 0 Å². The standard InChI is InChI=1S/C21H25N5O4/c1-21(2)25-19(22)24-20(23)26(21)30-12-6-11-29-15-9-10-16(17(27)13-15)18(28)14-7-4-3-5-8-14/h3-5,7-10,13,27H,6,11-12H2,1-2H3,(H4,22,23,24,25). The van der Waals surface area contributed by atoms with Crippen molar-refractivity contribution in [3.63, 3.8) is 0 Å². The van der Waals surface area contributed by atoms with E-state index in [2.05, 4.69) is 9.98 Å². The van der Waals surface area contributed by atoms with Gasteiger partial charge >= 0.3 is 0 Å². The Morgan fingerprint density at radius 2 is 1.87 bits per heavy atom. The van der Waals surface area contributed by atoms with Crippen molar-refractivity contribution in [2.75, 3.05) is 13.2 Å². The van der Waals surface area contributed by atoms with Crippen molar-refractivity contribution >= 4 is 17.7 Å². The zero-order valence-electron chi connectivity index (χ0n) is 16.9. The quantitative estimate of drug-likeness (QED) is 0.446. The van der Waals surface area contributed by atoms with Gasteiger partial charge in [0.05, 0.1) is 18.8 Å². The molecule has 0 atom stereocenters. The number of guanidine groups is 2. The van der Waals surface area contributed by atoms with Crippen LogP contribution in [0.15, 0.2) is 58.5 Å². The molecule has 0 saturated carbocycles. The molecule has 9 heteroatoms. The van der Waals surface area contributed by atoms with E-state index in [9.17, 15) is 9.90 Å². The third-order valence-corrected chi connectivity index (χ3v) is 4.35. The fraction of sp³-hybridized carbons (Fsp3) is 0.286. The number of nitrogens with zero attached hydrogens (tertiary/aromatic N) is 3. The maximum Gasteiger partial charge on any atom is 0.226 e. The van der Waals surface area contributed by atoms with Crippen molar-refractivity contribution in [1.29, 1.82) is 0 Å². The highest BCUT2D eigenvalue weighted by atomic mass is 16.7. The van der Waals surface area contributed by atoms with E-state index in [4.69, 9.17) is 21.0 Å². The van der Waals surface area contributed by atoms with E-state index < -0.39 is 5.66 Å². The van der Waals surface area contributed by atoms with Gasteiger partial charge in [0.25, 0.3) is 0 Å². The van der Waals surface area contributed by atoms with Crippen molar-refractivity contribution in [2.45, 2.75) is 25.9 Å². The lowest BCUT2D eigenvalue weighted by molar-refractivity contribution is -0.158. The molecule has 0 spiro atoms. The molecule has 0 saturated heterocycles. The second-order valence-electron chi connectivity index (χ2n) is 7.14. The first-order valence-electron chi connectivity index (χ1n) is 9.46. The van der Waals surface area contributed by atoms with E-state index in [1.165, 1.54) is 11.1 Å². The van der Waals surface area contributed by atoms with Gasteiger partial charge in [-0.2, -0.15) is 10.1 Å². The number of carbonyl (C=O) groups is 1. The van der Waals surface area contributed by atoms with Gasteiger partial charge in [-0.3, -0.25) is 9.63 Å². The lowest BCUT2D eigenvalue weighted by atomic mass is 10.0. The molecule has 2 aromatic rings. The maximum absolute atomic E-state index is 12.5. The summed E-state index contributed by atoms with van der Waals surface area (Å²) in [6.45, 7) is 4.26. The molecule has 3 rings (SSSR count).